The minimum absolute atomic E-state index is 0. The third-order valence-corrected chi connectivity index (χ3v) is 2.59. The van der Waals surface area contributed by atoms with Gasteiger partial charge in [0.15, 0.2) is 17.0 Å². The number of hydrogen-bond acceptors (Lipinski definition) is 8. The van der Waals surface area contributed by atoms with E-state index in [0.717, 1.165) is 4.80 Å². The fourth-order valence-electron chi connectivity index (χ4n) is 1.75. The summed E-state index contributed by atoms with van der Waals surface area (Å²) in [4.78, 5) is 19.2. The summed E-state index contributed by atoms with van der Waals surface area (Å²) >= 11 is 0. The molecule has 0 aliphatic carbocycles. The fraction of sp³-hybridized carbons (Fsp3) is 0.0909. The molecular formula is C11H12N8O2. The second kappa shape index (κ2) is 5.00. The molecule has 0 unspecified atom stereocenters. The number of nitrogen functional groups attached to an aromatic ring is 2. The second-order valence-electron chi connectivity index (χ2n) is 3.87. The molecule has 0 amide bonds. The molecule has 10 nitrogen and oxygen atoms in total. The Morgan fingerprint density at radius 1 is 1.14 bits per heavy atom. The Labute approximate surface area is 118 Å². The van der Waals surface area contributed by atoms with Gasteiger partial charge >= 0.3 is 0 Å². The molecular weight excluding hydrogens is 276 g/mol. The molecule has 0 aliphatic rings. The monoisotopic (exact) mass is 288 g/mol. The van der Waals surface area contributed by atoms with Crippen molar-refractivity contribution in [3.8, 4) is 5.69 Å². The molecule has 0 bridgehead atoms. The molecule has 0 fully saturated rings. The van der Waals surface area contributed by atoms with Gasteiger partial charge in [-0.3, -0.25) is 10.1 Å². The topological polar surface area (TPSA) is 152 Å². The Morgan fingerprint density at radius 3 is 2.57 bits per heavy atom. The summed E-state index contributed by atoms with van der Waals surface area (Å²) in [6, 6.07) is 6.06. The average molecular weight is 288 g/mol. The lowest BCUT2D eigenvalue weighted by atomic mass is 10.3. The number of nitro groups is 1. The molecule has 3 aromatic rings. The summed E-state index contributed by atoms with van der Waals surface area (Å²) in [5.74, 6) is 0.0296. The maximum absolute atomic E-state index is 11.0. The molecule has 0 atom stereocenters. The van der Waals surface area contributed by atoms with Crippen LogP contribution in [0.1, 0.15) is 7.43 Å². The van der Waals surface area contributed by atoms with Crippen molar-refractivity contribution >= 4 is 28.6 Å². The first-order valence-electron chi connectivity index (χ1n) is 5.46. The van der Waals surface area contributed by atoms with Crippen LogP contribution < -0.4 is 11.5 Å². The standard InChI is InChI=1S/C10H8N8O2.CH4/c11-8-7-9(14-10(12)13-8)16-17(15-7)5-3-1-2-4-6(5)18(19)20;/h1-4H,(H4,11,12,13,14,16);1H4. The number of rotatable bonds is 2. The predicted molar refractivity (Wildman–Crippen MR) is 76.7 cm³/mol. The van der Waals surface area contributed by atoms with Crippen LogP contribution in [-0.2, 0) is 0 Å². The average Bonchev–Trinajstić information content (AvgIpc) is 2.82. The zero-order chi connectivity index (χ0) is 14.3. The fourth-order valence-corrected chi connectivity index (χ4v) is 1.75. The van der Waals surface area contributed by atoms with Gasteiger partial charge in [0.25, 0.3) is 5.69 Å². The summed E-state index contributed by atoms with van der Waals surface area (Å²) in [5.41, 5.74) is 11.6. The summed E-state index contributed by atoms with van der Waals surface area (Å²) in [7, 11) is 0. The third kappa shape index (κ3) is 2.29. The van der Waals surface area contributed by atoms with Gasteiger partial charge in [0.05, 0.1) is 4.92 Å². The molecule has 2 heterocycles. The highest BCUT2D eigenvalue weighted by molar-refractivity contribution is 5.81. The van der Waals surface area contributed by atoms with Crippen molar-refractivity contribution in [3.63, 3.8) is 0 Å². The number of benzene rings is 1. The van der Waals surface area contributed by atoms with Crippen molar-refractivity contribution in [1.82, 2.24) is 25.0 Å². The minimum atomic E-state index is -0.521. The van der Waals surface area contributed by atoms with E-state index in [0.29, 0.717) is 0 Å². The Bertz CT molecular complexity index is 828. The zero-order valence-corrected chi connectivity index (χ0v) is 9.96. The lowest BCUT2D eigenvalue weighted by Gasteiger charge is -1.99. The molecule has 0 radical (unpaired) electrons. The normalized spacial score (nSPS) is 10.3. The number of para-hydroxylation sites is 2. The first-order chi connectivity index (χ1) is 9.56. The van der Waals surface area contributed by atoms with Crippen LogP contribution in [0.2, 0.25) is 0 Å². The van der Waals surface area contributed by atoms with Gasteiger partial charge in [-0.1, -0.05) is 19.6 Å². The summed E-state index contributed by atoms with van der Waals surface area (Å²) in [6.07, 6.45) is 0. The molecule has 3 rings (SSSR count). The van der Waals surface area contributed by atoms with E-state index in [9.17, 15) is 10.1 Å². The summed E-state index contributed by atoms with van der Waals surface area (Å²) in [5, 5.41) is 19.1. The molecule has 10 heteroatoms. The van der Waals surface area contributed by atoms with Gasteiger partial charge in [-0.2, -0.15) is 9.97 Å². The first-order valence-corrected chi connectivity index (χ1v) is 5.46. The van der Waals surface area contributed by atoms with Crippen LogP contribution >= 0.6 is 0 Å². The van der Waals surface area contributed by atoms with E-state index in [2.05, 4.69) is 20.2 Å². The number of nitrogens with zero attached hydrogens (tertiary/aromatic N) is 6. The highest BCUT2D eigenvalue weighted by Crippen LogP contribution is 2.23. The van der Waals surface area contributed by atoms with Crippen LogP contribution in [0.4, 0.5) is 17.5 Å². The van der Waals surface area contributed by atoms with E-state index >= 15 is 0 Å². The van der Waals surface area contributed by atoms with Crippen molar-refractivity contribution in [1.29, 1.82) is 0 Å². The van der Waals surface area contributed by atoms with Crippen LogP contribution in [0.15, 0.2) is 24.3 Å². The molecule has 0 aliphatic heterocycles. The molecule has 4 N–H and O–H groups in total. The van der Waals surface area contributed by atoms with Crippen LogP contribution in [0, 0.1) is 10.1 Å². The van der Waals surface area contributed by atoms with E-state index in [4.69, 9.17) is 11.5 Å². The van der Waals surface area contributed by atoms with Gasteiger partial charge in [0.2, 0.25) is 11.6 Å². The number of hydrogen-bond donors (Lipinski definition) is 2. The highest BCUT2D eigenvalue weighted by atomic mass is 16.6. The summed E-state index contributed by atoms with van der Waals surface area (Å²) in [6.45, 7) is 0. The maximum Gasteiger partial charge on any atom is 0.296 e. The smallest absolute Gasteiger partial charge is 0.296 e. The van der Waals surface area contributed by atoms with Crippen LogP contribution in [0.5, 0.6) is 0 Å². The molecule has 0 spiro atoms. The quantitative estimate of drug-likeness (QED) is 0.521. The van der Waals surface area contributed by atoms with E-state index in [1.165, 1.54) is 12.1 Å². The Morgan fingerprint density at radius 2 is 1.86 bits per heavy atom. The molecule has 2 aromatic heterocycles. The van der Waals surface area contributed by atoms with Gasteiger partial charge in [-0.25, -0.2) is 0 Å². The Balaban J connectivity index is 0.00000161. The molecule has 0 saturated heterocycles. The van der Waals surface area contributed by atoms with Gasteiger partial charge in [0.1, 0.15) is 0 Å². The lowest BCUT2D eigenvalue weighted by molar-refractivity contribution is -0.384. The number of fused-ring (bicyclic) bond motifs is 1. The van der Waals surface area contributed by atoms with E-state index < -0.39 is 4.92 Å². The minimum Gasteiger partial charge on any atom is -0.382 e. The van der Waals surface area contributed by atoms with E-state index in [-0.39, 0.29) is 41.7 Å². The van der Waals surface area contributed by atoms with Crippen molar-refractivity contribution in [2.75, 3.05) is 11.5 Å². The van der Waals surface area contributed by atoms with E-state index in [1.54, 1.807) is 12.1 Å². The molecule has 0 saturated carbocycles. The van der Waals surface area contributed by atoms with Gasteiger partial charge < -0.3 is 11.5 Å². The van der Waals surface area contributed by atoms with Crippen LogP contribution in [-0.4, -0.2) is 29.9 Å². The lowest BCUT2D eigenvalue weighted by Crippen LogP contribution is -2.03. The van der Waals surface area contributed by atoms with Crippen molar-refractivity contribution in [2.45, 2.75) is 7.43 Å². The number of anilines is 2. The largest absolute Gasteiger partial charge is 0.382 e. The Kier molecular flexibility index (Phi) is 3.36. The molecule has 1 aromatic carbocycles. The van der Waals surface area contributed by atoms with Crippen molar-refractivity contribution in [2.24, 2.45) is 0 Å². The van der Waals surface area contributed by atoms with Gasteiger partial charge in [-0.05, 0) is 6.07 Å². The number of nitro benzene ring substituents is 1. The van der Waals surface area contributed by atoms with Gasteiger partial charge in [0, 0.05) is 6.07 Å². The SMILES string of the molecule is C.Nc1nc(N)c2nn(-c3ccccc3[N+](=O)[O-])nc2n1. The highest BCUT2D eigenvalue weighted by Gasteiger charge is 2.18. The Hall–Kier alpha value is -3.30. The second-order valence-corrected chi connectivity index (χ2v) is 3.87. The number of nitrogens with two attached hydrogens (primary N) is 2. The first kappa shape index (κ1) is 14.1. The third-order valence-electron chi connectivity index (χ3n) is 2.59. The van der Waals surface area contributed by atoms with Gasteiger partial charge in [-0.15, -0.1) is 15.0 Å². The van der Waals surface area contributed by atoms with Crippen molar-refractivity contribution in [3.05, 3.63) is 34.4 Å². The zero-order valence-electron chi connectivity index (χ0n) is 9.96. The van der Waals surface area contributed by atoms with Crippen LogP contribution in [0.3, 0.4) is 0 Å². The van der Waals surface area contributed by atoms with Crippen molar-refractivity contribution < 1.29 is 4.92 Å². The predicted octanol–water partition coefficient (Wildman–Crippen LogP) is 0.919. The van der Waals surface area contributed by atoms with E-state index in [1.807, 2.05) is 0 Å². The summed E-state index contributed by atoms with van der Waals surface area (Å²) < 4.78 is 0. The van der Waals surface area contributed by atoms with Crippen LogP contribution in [0.25, 0.3) is 16.9 Å². The molecule has 21 heavy (non-hydrogen) atoms. The maximum atomic E-state index is 11.0. The molecule has 108 valence electrons. The number of aromatic nitrogens is 5.